The van der Waals surface area contributed by atoms with E-state index < -0.39 is 0 Å². The molecule has 3 nitrogen and oxygen atoms in total. The van der Waals surface area contributed by atoms with E-state index in [4.69, 9.17) is 4.42 Å². The van der Waals surface area contributed by atoms with Crippen LogP contribution in [0.25, 0.3) is 0 Å². The van der Waals surface area contributed by atoms with Crippen molar-refractivity contribution in [3.05, 3.63) is 48.7 Å². The van der Waals surface area contributed by atoms with Crippen molar-refractivity contribution >= 4 is 5.69 Å². The van der Waals surface area contributed by atoms with Crippen molar-refractivity contribution in [2.24, 2.45) is 0 Å². The number of benzene rings is 1. The first kappa shape index (κ1) is 7.86. The van der Waals surface area contributed by atoms with Gasteiger partial charge in [-0.2, -0.15) is 0 Å². The van der Waals surface area contributed by atoms with E-state index in [0.717, 1.165) is 5.69 Å². The van der Waals surface area contributed by atoms with Crippen LogP contribution in [0.5, 0.6) is 0 Å². The topological polar surface area (TPSA) is 38.1 Å². The predicted molar refractivity (Wildman–Crippen MR) is 50.3 cm³/mol. The summed E-state index contributed by atoms with van der Waals surface area (Å²) in [6, 6.07) is 9.96. The monoisotopic (exact) mass is 174 g/mol. The van der Waals surface area contributed by atoms with E-state index in [2.05, 4.69) is 10.3 Å². The quantitative estimate of drug-likeness (QED) is 0.775. The van der Waals surface area contributed by atoms with Gasteiger partial charge in [0.05, 0.1) is 12.7 Å². The second-order valence-corrected chi connectivity index (χ2v) is 2.65. The van der Waals surface area contributed by atoms with Crippen LogP contribution in [0.15, 0.2) is 47.2 Å². The molecule has 0 spiro atoms. The fourth-order valence-electron chi connectivity index (χ4n) is 1.07. The molecule has 66 valence electrons. The highest BCUT2D eigenvalue weighted by atomic mass is 16.3. The minimum Gasteiger partial charge on any atom is -0.447 e. The molecule has 0 aliphatic rings. The minimum absolute atomic E-state index is 0.622. The fourth-order valence-corrected chi connectivity index (χ4v) is 1.07. The third kappa shape index (κ3) is 2.08. The Morgan fingerprint density at radius 1 is 1.23 bits per heavy atom. The molecular weight excluding hydrogens is 164 g/mol. The number of para-hydroxylation sites is 1. The molecule has 0 aliphatic heterocycles. The van der Waals surface area contributed by atoms with E-state index >= 15 is 0 Å². The van der Waals surface area contributed by atoms with Crippen molar-refractivity contribution in [2.75, 3.05) is 5.32 Å². The largest absolute Gasteiger partial charge is 0.447 e. The van der Waals surface area contributed by atoms with Crippen LogP contribution in [-0.2, 0) is 6.54 Å². The maximum atomic E-state index is 5.08. The van der Waals surface area contributed by atoms with Crippen molar-refractivity contribution in [2.45, 2.75) is 6.54 Å². The summed E-state index contributed by atoms with van der Waals surface area (Å²) in [5.74, 6) is 0.698. The number of nitrogens with zero attached hydrogens (tertiary/aromatic N) is 1. The van der Waals surface area contributed by atoms with Gasteiger partial charge in [-0.25, -0.2) is 4.98 Å². The molecule has 0 amide bonds. The van der Waals surface area contributed by atoms with Gasteiger partial charge in [0.1, 0.15) is 6.26 Å². The first-order valence-corrected chi connectivity index (χ1v) is 4.12. The van der Waals surface area contributed by atoms with Gasteiger partial charge in [0.2, 0.25) is 5.89 Å². The molecule has 1 aromatic heterocycles. The van der Waals surface area contributed by atoms with Gasteiger partial charge in [0.25, 0.3) is 0 Å². The highest BCUT2D eigenvalue weighted by Crippen LogP contribution is 2.06. The van der Waals surface area contributed by atoms with Gasteiger partial charge < -0.3 is 9.73 Å². The Morgan fingerprint density at radius 2 is 2.08 bits per heavy atom. The zero-order chi connectivity index (χ0) is 8.93. The molecule has 0 aliphatic carbocycles. The molecule has 1 aromatic carbocycles. The van der Waals surface area contributed by atoms with Crippen LogP contribution in [-0.4, -0.2) is 4.98 Å². The average Bonchev–Trinajstić information content (AvgIpc) is 2.69. The van der Waals surface area contributed by atoms with Crippen molar-refractivity contribution < 1.29 is 4.42 Å². The van der Waals surface area contributed by atoms with E-state index in [1.54, 1.807) is 12.5 Å². The molecule has 13 heavy (non-hydrogen) atoms. The summed E-state index contributed by atoms with van der Waals surface area (Å²) in [6.07, 6.45) is 3.21. The van der Waals surface area contributed by atoms with Gasteiger partial charge in [0, 0.05) is 5.69 Å². The molecule has 0 atom stereocenters. The Morgan fingerprint density at radius 3 is 2.77 bits per heavy atom. The summed E-state index contributed by atoms with van der Waals surface area (Å²) in [5.41, 5.74) is 1.07. The van der Waals surface area contributed by atoms with E-state index in [-0.39, 0.29) is 0 Å². The second kappa shape index (κ2) is 3.76. The smallest absolute Gasteiger partial charge is 0.213 e. The van der Waals surface area contributed by atoms with E-state index in [9.17, 15) is 0 Å². The number of oxazole rings is 1. The van der Waals surface area contributed by atoms with Gasteiger partial charge >= 0.3 is 0 Å². The first-order chi connectivity index (χ1) is 6.45. The van der Waals surface area contributed by atoms with E-state index in [1.165, 1.54) is 0 Å². The summed E-state index contributed by atoms with van der Waals surface area (Å²) < 4.78 is 5.08. The summed E-state index contributed by atoms with van der Waals surface area (Å²) in [7, 11) is 0. The summed E-state index contributed by atoms with van der Waals surface area (Å²) in [4.78, 5) is 4.00. The molecule has 2 aromatic rings. The number of nitrogens with one attached hydrogen (secondary N) is 1. The van der Waals surface area contributed by atoms with E-state index in [1.807, 2.05) is 30.3 Å². The maximum Gasteiger partial charge on any atom is 0.213 e. The first-order valence-electron chi connectivity index (χ1n) is 4.12. The molecule has 0 fully saturated rings. The van der Waals surface area contributed by atoms with Crippen LogP contribution in [0.4, 0.5) is 5.69 Å². The zero-order valence-corrected chi connectivity index (χ0v) is 7.10. The molecular formula is C10H10N2O. The molecule has 3 heteroatoms. The van der Waals surface area contributed by atoms with E-state index in [0.29, 0.717) is 12.4 Å². The number of anilines is 1. The Bertz CT molecular complexity index is 342. The Hall–Kier alpha value is -1.77. The molecule has 0 bridgehead atoms. The standard InChI is InChI=1S/C10H10N2O/c1-2-4-9(5-3-1)12-8-10-11-6-7-13-10/h1-7,12H,8H2. The van der Waals surface area contributed by atoms with Crippen molar-refractivity contribution in [1.82, 2.24) is 4.98 Å². The second-order valence-electron chi connectivity index (χ2n) is 2.65. The SMILES string of the molecule is c1ccc(NCc2ncco2)cc1. The number of rotatable bonds is 3. The molecule has 2 rings (SSSR count). The van der Waals surface area contributed by atoms with Crippen LogP contribution in [0.3, 0.4) is 0 Å². The Kier molecular flexibility index (Phi) is 2.27. The lowest BCUT2D eigenvalue weighted by Gasteiger charge is -2.01. The lowest BCUT2D eigenvalue weighted by Crippen LogP contribution is -1.98. The molecule has 0 saturated heterocycles. The zero-order valence-electron chi connectivity index (χ0n) is 7.10. The van der Waals surface area contributed by atoms with Crippen LogP contribution < -0.4 is 5.32 Å². The van der Waals surface area contributed by atoms with Crippen molar-refractivity contribution in [3.8, 4) is 0 Å². The average molecular weight is 174 g/mol. The fraction of sp³-hybridized carbons (Fsp3) is 0.100. The predicted octanol–water partition coefficient (Wildman–Crippen LogP) is 2.29. The summed E-state index contributed by atoms with van der Waals surface area (Å²) in [5, 5.41) is 3.19. The Balaban J connectivity index is 1.94. The number of hydrogen-bond donors (Lipinski definition) is 1. The number of aromatic nitrogens is 1. The maximum absolute atomic E-state index is 5.08. The third-order valence-corrected chi connectivity index (χ3v) is 1.70. The highest BCUT2D eigenvalue weighted by molar-refractivity contribution is 5.42. The van der Waals surface area contributed by atoms with Gasteiger partial charge in [0.15, 0.2) is 0 Å². The van der Waals surface area contributed by atoms with Crippen LogP contribution >= 0.6 is 0 Å². The van der Waals surface area contributed by atoms with Crippen LogP contribution in [0, 0.1) is 0 Å². The molecule has 0 unspecified atom stereocenters. The van der Waals surface area contributed by atoms with Crippen molar-refractivity contribution in [3.63, 3.8) is 0 Å². The van der Waals surface area contributed by atoms with Gasteiger partial charge in [-0.1, -0.05) is 18.2 Å². The summed E-state index contributed by atoms with van der Waals surface area (Å²) >= 11 is 0. The molecule has 0 saturated carbocycles. The minimum atomic E-state index is 0.622. The molecule has 0 radical (unpaired) electrons. The number of hydrogen-bond acceptors (Lipinski definition) is 3. The lowest BCUT2D eigenvalue weighted by molar-refractivity contribution is 0.504. The molecule has 1 heterocycles. The van der Waals surface area contributed by atoms with Gasteiger partial charge in [-0.15, -0.1) is 0 Å². The normalized spacial score (nSPS) is 9.85. The summed E-state index contributed by atoms with van der Waals surface area (Å²) in [6.45, 7) is 0.622. The third-order valence-electron chi connectivity index (χ3n) is 1.70. The van der Waals surface area contributed by atoms with Gasteiger partial charge in [-0.3, -0.25) is 0 Å². The van der Waals surface area contributed by atoms with Crippen molar-refractivity contribution in [1.29, 1.82) is 0 Å². The van der Waals surface area contributed by atoms with Crippen LogP contribution in [0.2, 0.25) is 0 Å². The lowest BCUT2D eigenvalue weighted by atomic mass is 10.3. The van der Waals surface area contributed by atoms with Crippen LogP contribution in [0.1, 0.15) is 5.89 Å². The highest BCUT2D eigenvalue weighted by Gasteiger charge is 1.95. The Labute approximate surface area is 76.4 Å². The molecule has 1 N–H and O–H groups in total. The van der Waals surface area contributed by atoms with Gasteiger partial charge in [-0.05, 0) is 12.1 Å².